The largest absolute Gasteiger partial charge is 0.497 e. The number of hydrogen-bond donors (Lipinski definition) is 0. The quantitative estimate of drug-likeness (QED) is 0.776. The lowest BCUT2D eigenvalue weighted by Gasteiger charge is -2.36. The van der Waals surface area contributed by atoms with E-state index in [1.807, 2.05) is 0 Å². The van der Waals surface area contributed by atoms with Crippen LogP contribution in [-0.2, 0) is 6.42 Å². The van der Waals surface area contributed by atoms with Crippen LogP contribution in [0.2, 0.25) is 0 Å². The van der Waals surface area contributed by atoms with Crippen molar-refractivity contribution in [3.05, 3.63) is 87.3 Å². The lowest BCUT2D eigenvalue weighted by atomic mass is 9.69. The number of rotatable bonds is 3. The molecule has 0 saturated carbocycles. The number of methoxy groups -OCH3 is 1. The zero-order chi connectivity index (χ0) is 18.2. The molecule has 2 aromatic carbocycles. The predicted octanol–water partition coefficient (Wildman–Crippen LogP) is 4.70. The van der Waals surface area contributed by atoms with E-state index in [1.54, 1.807) is 29.4 Å². The summed E-state index contributed by atoms with van der Waals surface area (Å²) >= 11 is 0. The smallest absolute Gasteiger partial charge is 0.118 e. The summed E-state index contributed by atoms with van der Waals surface area (Å²) < 4.78 is 5.33. The fourth-order valence-corrected chi connectivity index (χ4v) is 5.11. The third-order valence-electron chi connectivity index (χ3n) is 6.42. The maximum Gasteiger partial charge on any atom is 0.118 e. The van der Waals surface area contributed by atoms with Gasteiger partial charge in [0.2, 0.25) is 0 Å². The minimum atomic E-state index is 0.596. The maximum atomic E-state index is 5.33. The van der Waals surface area contributed by atoms with Crippen LogP contribution in [-0.4, -0.2) is 7.11 Å². The molecule has 2 aromatic rings. The molecule has 0 bridgehead atoms. The molecule has 0 amide bonds. The molecule has 3 aliphatic carbocycles. The second-order valence-electron chi connectivity index (χ2n) is 7.94. The Morgan fingerprint density at radius 3 is 2.63 bits per heavy atom. The molecule has 1 nitrogen and oxygen atoms in total. The third-order valence-corrected chi connectivity index (χ3v) is 6.42. The SMILES string of the molecule is COc1ccc(CC2CC3=c4ccccc4=CCC3=C3CCCC=C32)cc1. The van der Waals surface area contributed by atoms with Gasteiger partial charge >= 0.3 is 0 Å². The lowest BCUT2D eigenvalue weighted by molar-refractivity contribution is 0.414. The van der Waals surface area contributed by atoms with Crippen LogP contribution in [0, 0.1) is 5.92 Å². The van der Waals surface area contributed by atoms with Gasteiger partial charge in [-0.3, -0.25) is 0 Å². The van der Waals surface area contributed by atoms with Crippen LogP contribution in [0.3, 0.4) is 0 Å². The van der Waals surface area contributed by atoms with Crippen LogP contribution in [0.4, 0.5) is 0 Å². The van der Waals surface area contributed by atoms with E-state index < -0.39 is 0 Å². The van der Waals surface area contributed by atoms with Crippen molar-refractivity contribution in [1.29, 1.82) is 0 Å². The van der Waals surface area contributed by atoms with Crippen LogP contribution >= 0.6 is 0 Å². The summed E-state index contributed by atoms with van der Waals surface area (Å²) in [5, 5.41) is 2.89. The molecule has 0 fully saturated rings. The number of ether oxygens (including phenoxy) is 1. The summed E-state index contributed by atoms with van der Waals surface area (Å²) in [6, 6.07) is 17.6. The van der Waals surface area contributed by atoms with E-state index in [-0.39, 0.29) is 0 Å². The molecular weight excluding hydrogens is 328 g/mol. The Morgan fingerprint density at radius 2 is 1.78 bits per heavy atom. The molecule has 27 heavy (non-hydrogen) atoms. The van der Waals surface area contributed by atoms with Crippen molar-refractivity contribution in [3.63, 3.8) is 0 Å². The molecule has 0 aromatic heterocycles. The summed E-state index contributed by atoms with van der Waals surface area (Å²) in [4.78, 5) is 0. The first-order valence-corrected chi connectivity index (χ1v) is 10.2. The average molecular weight is 354 g/mol. The van der Waals surface area contributed by atoms with Crippen molar-refractivity contribution in [2.75, 3.05) is 7.11 Å². The molecule has 0 radical (unpaired) electrons. The van der Waals surface area contributed by atoms with E-state index in [1.165, 1.54) is 41.7 Å². The molecule has 0 heterocycles. The fourth-order valence-electron chi connectivity index (χ4n) is 5.11. The highest BCUT2D eigenvalue weighted by Crippen LogP contribution is 2.45. The molecule has 3 aliphatic rings. The monoisotopic (exact) mass is 354 g/mol. The number of benzene rings is 2. The van der Waals surface area contributed by atoms with E-state index in [2.05, 4.69) is 60.7 Å². The number of fused-ring (bicyclic) bond motifs is 3. The van der Waals surface area contributed by atoms with Gasteiger partial charge in [0.25, 0.3) is 0 Å². The topological polar surface area (TPSA) is 9.23 Å². The van der Waals surface area contributed by atoms with Gasteiger partial charge in [0.05, 0.1) is 7.11 Å². The highest BCUT2D eigenvalue weighted by molar-refractivity contribution is 5.75. The second kappa shape index (κ2) is 6.88. The summed E-state index contributed by atoms with van der Waals surface area (Å²) in [5.41, 5.74) is 7.95. The summed E-state index contributed by atoms with van der Waals surface area (Å²) in [7, 11) is 1.73. The van der Waals surface area contributed by atoms with Crippen molar-refractivity contribution >= 4 is 11.6 Å². The van der Waals surface area contributed by atoms with Gasteiger partial charge in [0.1, 0.15) is 5.75 Å². The number of allylic oxidation sites excluding steroid dienone is 4. The van der Waals surface area contributed by atoms with Crippen molar-refractivity contribution < 1.29 is 4.74 Å². The Balaban J connectivity index is 1.59. The molecule has 136 valence electrons. The maximum absolute atomic E-state index is 5.33. The first-order valence-electron chi connectivity index (χ1n) is 10.2. The first kappa shape index (κ1) is 16.6. The molecule has 0 N–H and O–H groups in total. The van der Waals surface area contributed by atoms with Crippen LogP contribution in [0.5, 0.6) is 5.75 Å². The van der Waals surface area contributed by atoms with E-state index >= 15 is 0 Å². The van der Waals surface area contributed by atoms with Gasteiger partial charge < -0.3 is 4.74 Å². The van der Waals surface area contributed by atoms with Gasteiger partial charge in [-0.25, -0.2) is 0 Å². The van der Waals surface area contributed by atoms with E-state index in [0.717, 1.165) is 18.6 Å². The third kappa shape index (κ3) is 2.96. The van der Waals surface area contributed by atoms with Gasteiger partial charge in [-0.2, -0.15) is 0 Å². The molecular formula is C26H26O. The molecule has 0 saturated heterocycles. The summed E-state index contributed by atoms with van der Waals surface area (Å²) in [6.07, 6.45) is 12.1. The minimum Gasteiger partial charge on any atom is -0.497 e. The molecule has 0 aliphatic heterocycles. The minimum absolute atomic E-state index is 0.596. The van der Waals surface area contributed by atoms with Crippen molar-refractivity contribution in [2.45, 2.75) is 38.5 Å². The van der Waals surface area contributed by atoms with Gasteiger partial charge in [-0.1, -0.05) is 48.6 Å². The van der Waals surface area contributed by atoms with Gasteiger partial charge in [-0.05, 0) is 94.9 Å². The Labute approximate surface area is 161 Å². The van der Waals surface area contributed by atoms with Crippen molar-refractivity contribution in [1.82, 2.24) is 0 Å². The van der Waals surface area contributed by atoms with Gasteiger partial charge in [0, 0.05) is 0 Å². The Kier molecular flexibility index (Phi) is 4.24. The Morgan fingerprint density at radius 1 is 0.926 bits per heavy atom. The molecule has 1 unspecified atom stereocenters. The Hall–Kier alpha value is -2.54. The van der Waals surface area contributed by atoms with Gasteiger partial charge in [-0.15, -0.1) is 0 Å². The summed E-state index contributed by atoms with van der Waals surface area (Å²) in [6.45, 7) is 0. The highest BCUT2D eigenvalue weighted by atomic mass is 16.5. The predicted molar refractivity (Wildman–Crippen MR) is 112 cm³/mol. The summed E-state index contributed by atoms with van der Waals surface area (Å²) in [5.74, 6) is 1.53. The average Bonchev–Trinajstić information content (AvgIpc) is 2.74. The van der Waals surface area contributed by atoms with E-state index in [0.29, 0.717) is 5.92 Å². The van der Waals surface area contributed by atoms with E-state index in [9.17, 15) is 0 Å². The normalized spacial score (nSPS) is 20.9. The van der Waals surface area contributed by atoms with Crippen molar-refractivity contribution in [3.8, 4) is 5.75 Å². The van der Waals surface area contributed by atoms with Crippen molar-refractivity contribution in [2.24, 2.45) is 5.92 Å². The molecule has 1 heteroatoms. The highest BCUT2D eigenvalue weighted by Gasteiger charge is 2.31. The van der Waals surface area contributed by atoms with Crippen LogP contribution in [0.1, 0.15) is 37.7 Å². The standard InChI is InChI=1S/C26H26O/c1-27-21-13-10-18(11-14-21)16-20-17-26-22-7-3-2-6-19(22)12-15-25(26)24-9-5-4-8-23(20)24/h2-3,6-8,10-14,20H,4-5,9,15-17H2,1H3. The zero-order valence-electron chi connectivity index (χ0n) is 16.0. The van der Waals surface area contributed by atoms with Gasteiger partial charge in [0.15, 0.2) is 0 Å². The number of hydrogen-bond acceptors (Lipinski definition) is 1. The zero-order valence-corrected chi connectivity index (χ0v) is 16.0. The van der Waals surface area contributed by atoms with Crippen LogP contribution in [0.15, 0.2) is 71.3 Å². The molecule has 5 rings (SSSR count). The Bertz CT molecular complexity index is 1050. The van der Waals surface area contributed by atoms with Crippen LogP contribution < -0.4 is 15.2 Å². The molecule has 0 spiro atoms. The lowest BCUT2D eigenvalue weighted by Crippen LogP contribution is -2.33. The molecule has 1 atom stereocenters. The second-order valence-corrected chi connectivity index (χ2v) is 7.94. The van der Waals surface area contributed by atoms with E-state index in [4.69, 9.17) is 4.74 Å². The van der Waals surface area contributed by atoms with Crippen LogP contribution in [0.25, 0.3) is 11.6 Å². The fraction of sp³-hybridized carbons (Fsp3) is 0.308. The first-order chi connectivity index (χ1) is 13.3.